The normalized spacial score (nSPS) is 15.4. The molecule has 0 atom stereocenters. The Bertz CT molecular complexity index is 584. The molecule has 1 fully saturated rings. The summed E-state index contributed by atoms with van der Waals surface area (Å²) in [6.45, 7) is 0. The lowest BCUT2D eigenvalue weighted by Crippen LogP contribution is -2.33. The van der Waals surface area contributed by atoms with Crippen molar-refractivity contribution in [2.45, 2.75) is 12.8 Å². The third-order valence-corrected chi connectivity index (χ3v) is 4.39. The van der Waals surface area contributed by atoms with Crippen molar-refractivity contribution in [2.75, 3.05) is 5.75 Å². The van der Waals surface area contributed by atoms with Crippen molar-refractivity contribution in [1.82, 2.24) is 4.72 Å². The smallest absolute Gasteiger partial charge is 0.266 e. The molecular formula is C11H11ClFNO3S. The first kappa shape index (κ1) is 13.3. The highest BCUT2D eigenvalue weighted by atomic mass is 35.5. The number of carbonyl (C=O) groups excluding carboxylic acids is 1. The summed E-state index contributed by atoms with van der Waals surface area (Å²) < 4.78 is 38.2. The molecule has 0 heterocycles. The van der Waals surface area contributed by atoms with Crippen LogP contribution in [0.25, 0.3) is 0 Å². The van der Waals surface area contributed by atoms with Gasteiger partial charge in [-0.2, -0.15) is 0 Å². The van der Waals surface area contributed by atoms with E-state index in [0.717, 1.165) is 18.9 Å². The van der Waals surface area contributed by atoms with Crippen molar-refractivity contribution >= 4 is 27.5 Å². The van der Waals surface area contributed by atoms with Crippen molar-refractivity contribution in [3.8, 4) is 0 Å². The Hall–Kier alpha value is -1.14. The molecule has 0 bridgehead atoms. The average Bonchev–Trinajstić information content (AvgIpc) is 3.04. The molecule has 0 aliphatic heterocycles. The molecule has 7 heteroatoms. The van der Waals surface area contributed by atoms with Crippen molar-refractivity contribution in [1.29, 1.82) is 0 Å². The Morgan fingerprint density at radius 3 is 2.72 bits per heavy atom. The van der Waals surface area contributed by atoms with Crippen molar-refractivity contribution in [2.24, 2.45) is 5.92 Å². The highest BCUT2D eigenvalue weighted by molar-refractivity contribution is 7.90. The van der Waals surface area contributed by atoms with Crippen molar-refractivity contribution < 1.29 is 17.6 Å². The van der Waals surface area contributed by atoms with Crippen LogP contribution < -0.4 is 4.72 Å². The number of amides is 1. The van der Waals surface area contributed by atoms with E-state index in [-0.39, 0.29) is 22.3 Å². The van der Waals surface area contributed by atoms with Crippen molar-refractivity contribution in [3.63, 3.8) is 0 Å². The molecule has 1 aliphatic rings. The molecule has 4 nitrogen and oxygen atoms in total. The second-order valence-electron chi connectivity index (χ2n) is 4.26. The number of carbonyl (C=O) groups is 1. The lowest BCUT2D eigenvalue weighted by Gasteiger charge is -2.07. The summed E-state index contributed by atoms with van der Waals surface area (Å²) in [4.78, 5) is 11.7. The largest absolute Gasteiger partial charge is 0.268 e. The molecule has 1 aliphatic carbocycles. The van der Waals surface area contributed by atoms with E-state index in [2.05, 4.69) is 0 Å². The van der Waals surface area contributed by atoms with Crippen LogP contribution >= 0.6 is 11.6 Å². The van der Waals surface area contributed by atoms with Gasteiger partial charge in [0, 0.05) is 0 Å². The van der Waals surface area contributed by atoms with Gasteiger partial charge in [-0.3, -0.25) is 4.79 Å². The molecule has 1 aromatic carbocycles. The van der Waals surface area contributed by atoms with E-state index in [4.69, 9.17) is 11.6 Å². The molecule has 2 rings (SSSR count). The van der Waals surface area contributed by atoms with Gasteiger partial charge in [0.2, 0.25) is 10.0 Å². The van der Waals surface area contributed by atoms with E-state index in [1.54, 1.807) is 0 Å². The Labute approximate surface area is 109 Å². The van der Waals surface area contributed by atoms with Crippen molar-refractivity contribution in [3.05, 3.63) is 34.6 Å². The first-order valence-corrected chi connectivity index (χ1v) is 7.41. The van der Waals surface area contributed by atoms with Gasteiger partial charge in [0.05, 0.1) is 16.3 Å². The van der Waals surface area contributed by atoms with Crippen LogP contribution in [0.3, 0.4) is 0 Å². The molecule has 1 aromatic rings. The Morgan fingerprint density at radius 2 is 2.11 bits per heavy atom. The number of hydrogen-bond acceptors (Lipinski definition) is 3. The van der Waals surface area contributed by atoms with E-state index >= 15 is 0 Å². The number of benzene rings is 1. The molecular weight excluding hydrogens is 281 g/mol. The summed E-state index contributed by atoms with van der Waals surface area (Å²) in [5.74, 6) is -1.62. The molecule has 0 saturated heterocycles. The number of rotatable bonds is 4. The standard InChI is InChI=1S/C11H11ClFNO3S/c12-10-8(2-1-3-9(10)13)11(15)14-18(16,17)6-7-4-5-7/h1-3,7H,4-6H2,(H,14,15). The summed E-state index contributed by atoms with van der Waals surface area (Å²) in [5.41, 5.74) is -0.184. The Kier molecular flexibility index (Phi) is 3.59. The zero-order valence-corrected chi connectivity index (χ0v) is 10.9. The zero-order chi connectivity index (χ0) is 13.3. The minimum atomic E-state index is -3.68. The minimum Gasteiger partial charge on any atom is -0.268 e. The van der Waals surface area contributed by atoms with Crippen LogP contribution in [0.1, 0.15) is 23.2 Å². The summed E-state index contributed by atoms with van der Waals surface area (Å²) in [7, 11) is -3.68. The number of nitrogens with one attached hydrogen (secondary N) is 1. The predicted molar refractivity (Wildman–Crippen MR) is 65.4 cm³/mol. The van der Waals surface area contributed by atoms with E-state index in [9.17, 15) is 17.6 Å². The topological polar surface area (TPSA) is 63.2 Å². The molecule has 0 aromatic heterocycles. The van der Waals surface area contributed by atoms with E-state index < -0.39 is 21.7 Å². The van der Waals surface area contributed by atoms with Crippen LogP contribution in [-0.2, 0) is 10.0 Å². The molecule has 0 unspecified atom stereocenters. The van der Waals surface area contributed by atoms with Crippen LogP contribution in [0.4, 0.5) is 4.39 Å². The summed E-state index contributed by atoms with van der Waals surface area (Å²) in [6, 6.07) is 3.66. The fraction of sp³-hybridized carbons (Fsp3) is 0.364. The maximum atomic E-state index is 13.1. The summed E-state index contributed by atoms with van der Waals surface area (Å²) >= 11 is 5.60. The number of sulfonamides is 1. The van der Waals surface area contributed by atoms with Gasteiger partial charge in [-0.05, 0) is 30.9 Å². The van der Waals surface area contributed by atoms with Gasteiger partial charge in [-0.1, -0.05) is 17.7 Å². The first-order chi connectivity index (χ1) is 8.39. The van der Waals surface area contributed by atoms with Gasteiger partial charge in [0.15, 0.2) is 0 Å². The molecule has 0 radical (unpaired) electrons. The SMILES string of the molecule is O=C(NS(=O)(=O)CC1CC1)c1cccc(F)c1Cl. The van der Waals surface area contributed by atoms with Crippen LogP contribution in [0.15, 0.2) is 18.2 Å². The van der Waals surface area contributed by atoms with Gasteiger partial charge in [0.25, 0.3) is 5.91 Å². The summed E-state index contributed by atoms with van der Waals surface area (Å²) in [5, 5.41) is -0.378. The third-order valence-electron chi connectivity index (χ3n) is 2.60. The lowest BCUT2D eigenvalue weighted by atomic mass is 10.2. The fourth-order valence-corrected chi connectivity index (χ4v) is 3.15. The monoisotopic (exact) mass is 291 g/mol. The van der Waals surface area contributed by atoms with E-state index in [1.807, 2.05) is 4.72 Å². The predicted octanol–water partition coefficient (Wildman–Crippen LogP) is 1.95. The second-order valence-corrected chi connectivity index (χ2v) is 6.40. The van der Waals surface area contributed by atoms with Gasteiger partial charge in [-0.15, -0.1) is 0 Å². The fourth-order valence-electron chi connectivity index (χ4n) is 1.51. The zero-order valence-electron chi connectivity index (χ0n) is 9.32. The molecule has 0 spiro atoms. The van der Waals surface area contributed by atoms with Gasteiger partial charge in [-0.25, -0.2) is 17.5 Å². The Morgan fingerprint density at radius 1 is 1.44 bits per heavy atom. The summed E-state index contributed by atoms with van der Waals surface area (Å²) in [6.07, 6.45) is 1.71. The van der Waals surface area contributed by atoms with Crippen LogP contribution in [0.5, 0.6) is 0 Å². The van der Waals surface area contributed by atoms with Gasteiger partial charge >= 0.3 is 0 Å². The maximum absolute atomic E-state index is 13.1. The van der Waals surface area contributed by atoms with Gasteiger partial charge in [0.1, 0.15) is 5.82 Å². The first-order valence-electron chi connectivity index (χ1n) is 5.38. The van der Waals surface area contributed by atoms with E-state index in [1.165, 1.54) is 12.1 Å². The highest BCUT2D eigenvalue weighted by Gasteiger charge is 2.29. The molecule has 18 heavy (non-hydrogen) atoms. The maximum Gasteiger partial charge on any atom is 0.266 e. The molecule has 1 saturated carbocycles. The Balaban J connectivity index is 2.14. The minimum absolute atomic E-state index is 0.0777. The molecule has 1 N–H and O–H groups in total. The second kappa shape index (κ2) is 4.85. The molecule has 1 amide bonds. The molecule has 98 valence electrons. The average molecular weight is 292 g/mol. The van der Waals surface area contributed by atoms with Gasteiger partial charge < -0.3 is 0 Å². The van der Waals surface area contributed by atoms with E-state index in [0.29, 0.717) is 0 Å². The van der Waals surface area contributed by atoms with Crippen LogP contribution in [0.2, 0.25) is 5.02 Å². The third kappa shape index (κ3) is 3.20. The lowest BCUT2D eigenvalue weighted by molar-refractivity contribution is 0.0981. The number of hydrogen-bond donors (Lipinski definition) is 1. The highest BCUT2D eigenvalue weighted by Crippen LogP contribution is 2.30. The number of halogens is 2. The van der Waals surface area contributed by atoms with Crippen LogP contribution in [-0.4, -0.2) is 20.1 Å². The quantitative estimate of drug-likeness (QED) is 0.922. The van der Waals surface area contributed by atoms with Crippen LogP contribution in [0, 0.1) is 11.7 Å².